The molecule has 5 heteroatoms. The van der Waals surface area contributed by atoms with E-state index in [0.29, 0.717) is 5.56 Å². The van der Waals surface area contributed by atoms with Crippen molar-refractivity contribution >= 4 is 5.91 Å². The fourth-order valence-electron chi connectivity index (χ4n) is 1.84. The first-order valence-corrected chi connectivity index (χ1v) is 6.61. The van der Waals surface area contributed by atoms with Crippen LogP contribution in [0.5, 0.6) is 0 Å². The van der Waals surface area contributed by atoms with Crippen molar-refractivity contribution in [1.29, 1.82) is 0 Å². The van der Waals surface area contributed by atoms with Crippen LogP contribution in [0.2, 0.25) is 0 Å². The summed E-state index contributed by atoms with van der Waals surface area (Å²) in [5.74, 6) is 4.87. The molecule has 1 aromatic carbocycles. The van der Waals surface area contributed by atoms with E-state index in [2.05, 4.69) is 17.2 Å². The fourth-order valence-corrected chi connectivity index (χ4v) is 1.84. The predicted octanol–water partition coefficient (Wildman–Crippen LogP) is 1.15. The number of nitrogen functional groups attached to an aromatic ring is 1. The normalized spacial score (nSPS) is 10.7. The lowest BCUT2D eigenvalue weighted by molar-refractivity contribution is 0.0953. The molecule has 0 saturated carbocycles. The van der Waals surface area contributed by atoms with E-state index < -0.39 is 0 Å². The molecule has 19 heavy (non-hydrogen) atoms. The monoisotopic (exact) mass is 265 g/mol. The first-order chi connectivity index (χ1) is 9.21. The number of hydrogen-bond donors (Lipinski definition) is 2. The van der Waals surface area contributed by atoms with Crippen LogP contribution in [0.3, 0.4) is 0 Å². The summed E-state index contributed by atoms with van der Waals surface area (Å²) in [5, 5.41) is 0. The van der Waals surface area contributed by atoms with E-state index in [1.165, 1.54) is 0 Å². The smallest absolute Gasteiger partial charge is 0.265 e. The van der Waals surface area contributed by atoms with Gasteiger partial charge >= 0.3 is 0 Å². The van der Waals surface area contributed by atoms with Gasteiger partial charge in [0.15, 0.2) is 0 Å². The highest BCUT2D eigenvalue weighted by atomic mass is 16.5. The van der Waals surface area contributed by atoms with E-state index in [9.17, 15) is 4.79 Å². The van der Waals surface area contributed by atoms with Crippen LogP contribution in [0.1, 0.15) is 29.8 Å². The van der Waals surface area contributed by atoms with E-state index in [0.717, 1.165) is 38.4 Å². The van der Waals surface area contributed by atoms with E-state index in [-0.39, 0.29) is 5.91 Å². The van der Waals surface area contributed by atoms with Crippen LogP contribution in [-0.4, -0.2) is 37.1 Å². The summed E-state index contributed by atoms with van der Waals surface area (Å²) in [7, 11) is 0. The van der Waals surface area contributed by atoms with Gasteiger partial charge in [-0.1, -0.05) is 19.1 Å². The van der Waals surface area contributed by atoms with Gasteiger partial charge in [-0.15, -0.1) is 0 Å². The molecule has 1 amide bonds. The average molecular weight is 265 g/mol. The second-order valence-corrected chi connectivity index (χ2v) is 4.24. The third-order valence-electron chi connectivity index (χ3n) is 2.93. The molecule has 0 aliphatic carbocycles. The quantitative estimate of drug-likeness (QED) is 0.320. The van der Waals surface area contributed by atoms with Crippen LogP contribution in [0.15, 0.2) is 24.3 Å². The summed E-state index contributed by atoms with van der Waals surface area (Å²) in [6.45, 7) is 8.21. The maximum absolute atomic E-state index is 11.5. The molecule has 3 N–H and O–H groups in total. The van der Waals surface area contributed by atoms with Crippen LogP contribution < -0.4 is 11.3 Å². The van der Waals surface area contributed by atoms with Gasteiger partial charge in [-0.05, 0) is 31.2 Å². The Balaban J connectivity index is 2.61. The van der Waals surface area contributed by atoms with Crippen molar-refractivity contribution in [3.8, 4) is 0 Å². The minimum Gasteiger partial charge on any atom is -0.380 e. The fraction of sp³-hybridized carbons (Fsp3) is 0.500. The number of likely N-dealkylation sites (N-methyl/N-ethyl adjacent to an activating group) is 1. The number of benzene rings is 1. The molecule has 0 aliphatic heterocycles. The van der Waals surface area contributed by atoms with Crippen molar-refractivity contribution in [2.45, 2.75) is 20.4 Å². The van der Waals surface area contributed by atoms with Gasteiger partial charge in [-0.2, -0.15) is 0 Å². The third kappa shape index (κ3) is 5.38. The van der Waals surface area contributed by atoms with Crippen LogP contribution in [0.25, 0.3) is 0 Å². The minimum absolute atomic E-state index is 0.265. The van der Waals surface area contributed by atoms with E-state index in [4.69, 9.17) is 10.6 Å². The molecule has 0 fully saturated rings. The number of amides is 1. The van der Waals surface area contributed by atoms with E-state index in [1.54, 1.807) is 6.07 Å². The largest absolute Gasteiger partial charge is 0.380 e. The van der Waals surface area contributed by atoms with Gasteiger partial charge in [0.2, 0.25) is 0 Å². The van der Waals surface area contributed by atoms with Gasteiger partial charge in [0.05, 0.1) is 6.61 Å². The lowest BCUT2D eigenvalue weighted by Crippen LogP contribution is -2.30. The van der Waals surface area contributed by atoms with Gasteiger partial charge in [0, 0.05) is 25.3 Å². The molecule has 0 saturated heterocycles. The zero-order chi connectivity index (χ0) is 14.1. The van der Waals surface area contributed by atoms with Gasteiger partial charge in [0.1, 0.15) is 0 Å². The molecule has 0 atom stereocenters. The van der Waals surface area contributed by atoms with Crippen molar-refractivity contribution in [3.63, 3.8) is 0 Å². The van der Waals surface area contributed by atoms with Gasteiger partial charge in [0.25, 0.3) is 5.91 Å². The minimum atomic E-state index is -0.265. The Hall–Kier alpha value is -1.43. The predicted molar refractivity (Wildman–Crippen MR) is 75.5 cm³/mol. The summed E-state index contributed by atoms with van der Waals surface area (Å²) in [5.41, 5.74) is 3.83. The highest BCUT2D eigenvalue weighted by Gasteiger charge is 2.07. The molecule has 0 spiro atoms. The zero-order valence-electron chi connectivity index (χ0n) is 11.7. The van der Waals surface area contributed by atoms with Gasteiger partial charge in [-0.3, -0.25) is 15.1 Å². The second-order valence-electron chi connectivity index (χ2n) is 4.24. The number of carbonyl (C=O) groups is 1. The Morgan fingerprint density at radius 2 is 2.21 bits per heavy atom. The van der Waals surface area contributed by atoms with Crippen LogP contribution in [0.4, 0.5) is 0 Å². The molecule has 0 heterocycles. The van der Waals surface area contributed by atoms with Crippen molar-refractivity contribution in [3.05, 3.63) is 35.4 Å². The Kier molecular flexibility index (Phi) is 7.10. The molecular weight excluding hydrogens is 242 g/mol. The Morgan fingerprint density at radius 3 is 2.84 bits per heavy atom. The number of hydrazine groups is 1. The third-order valence-corrected chi connectivity index (χ3v) is 2.93. The molecule has 0 unspecified atom stereocenters. The highest BCUT2D eigenvalue weighted by molar-refractivity contribution is 5.93. The standard InChI is InChI=1S/C14H23N3O2/c1-3-17(8-9-19-4-2)11-12-6-5-7-13(10-12)14(18)16-15/h5-7,10H,3-4,8-9,11,15H2,1-2H3,(H,16,18). The number of hydrogen-bond acceptors (Lipinski definition) is 4. The second kappa shape index (κ2) is 8.63. The summed E-state index contributed by atoms with van der Waals surface area (Å²) < 4.78 is 5.36. The number of nitrogens with zero attached hydrogens (tertiary/aromatic N) is 1. The number of nitrogens with one attached hydrogen (secondary N) is 1. The van der Waals surface area contributed by atoms with Crippen molar-refractivity contribution in [1.82, 2.24) is 10.3 Å². The van der Waals surface area contributed by atoms with Gasteiger partial charge in [-0.25, -0.2) is 5.84 Å². The van der Waals surface area contributed by atoms with E-state index in [1.807, 2.05) is 25.1 Å². The van der Waals surface area contributed by atoms with E-state index >= 15 is 0 Å². The number of carbonyl (C=O) groups excluding carboxylic acids is 1. The Morgan fingerprint density at radius 1 is 1.42 bits per heavy atom. The topological polar surface area (TPSA) is 67.6 Å². The summed E-state index contributed by atoms with van der Waals surface area (Å²) in [6, 6.07) is 7.50. The Labute approximate surface area is 114 Å². The molecule has 0 radical (unpaired) electrons. The van der Waals surface area contributed by atoms with Crippen LogP contribution >= 0.6 is 0 Å². The molecule has 0 aromatic heterocycles. The number of ether oxygens (including phenoxy) is 1. The van der Waals surface area contributed by atoms with Crippen LogP contribution in [0, 0.1) is 0 Å². The average Bonchev–Trinajstić information content (AvgIpc) is 2.45. The molecule has 106 valence electrons. The number of rotatable bonds is 8. The summed E-state index contributed by atoms with van der Waals surface area (Å²) in [4.78, 5) is 13.7. The zero-order valence-corrected chi connectivity index (χ0v) is 11.7. The summed E-state index contributed by atoms with van der Waals surface area (Å²) >= 11 is 0. The maximum atomic E-state index is 11.5. The maximum Gasteiger partial charge on any atom is 0.265 e. The van der Waals surface area contributed by atoms with Gasteiger partial charge < -0.3 is 4.74 Å². The first-order valence-electron chi connectivity index (χ1n) is 6.61. The van der Waals surface area contributed by atoms with Crippen molar-refractivity contribution < 1.29 is 9.53 Å². The van der Waals surface area contributed by atoms with Crippen molar-refractivity contribution in [2.75, 3.05) is 26.3 Å². The molecular formula is C14H23N3O2. The first kappa shape index (κ1) is 15.6. The molecule has 1 rings (SSSR count). The molecule has 0 aliphatic rings. The lowest BCUT2D eigenvalue weighted by atomic mass is 10.1. The highest BCUT2D eigenvalue weighted by Crippen LogP contribution is 2.08. The summed E-state index contributed by atoms with van der Waals surface area (Å²) in [6.07, 6.45) is 0. The molecule has 5 nitrogen and oxygen atoms in total. The SMILES string of the molecule is CCOCCN(CC)Cc1cccc(C(=O)NN)c1. The Bertz CT molecular complexity index is 396. The molecule has 1 aromatic rings. The van der Waals surface area contributed by atoms with Crippen LogP contribution in [-0.2, 0) is 11.3 Å². The number of nitrogens with two attached hydrogens (primary N) is 1. The lowest BCUT2D eigenvalue weighted by Gasteiger charge is -2.20. The molecule has 0 bridgehead atoms. The van der Waals surface area contributed by atoms with Crippen molar-refractivity contribution in [2.24, 2.45) is 5.84 Å².